The molecule has 1 atom stereocenters. The number of anilines is 1. The van der Waals surface area contributed by atoms with E-state index in [1.165, 1.54) is 12.1 Å². The molecule has 1 heterocycles. The van der Waals surface area contributed by atoms with Gasteiger partial charge in [0.2, 0.25) is 0 Å². The number of halogens is 1. The number of fused-ring (bicyclic) bond motifs is 1. The quantitative estimate of drug-likeness (QED) is 0.361. The Morgan fingerprint density at radius 3 is 2.71 bits per heavy atom. The van der Waals surface area contributed by atoms with E-state index in [2.05, 4.69) is 15.3 Å². The molecule has 0 aliphatic heterocycles. The first-order valence-corrected chi connectivity index (χ1v) is 7.83. The Morgan fingerprint density at radius 1 is 1.29 bits per heavy atom. The fourth-order valence-corrected chi connectivity index (χ4v) is 2.39. The van der Waals surface area contributed by atoms with Crippen molar-refractivity contribution in [1.29, 1.82) is 0 Å². The lowest BCUT2D eigenvalue weighted by atomic mass is 10.2. The van der Waals surface area contributed by atoms with E-state index in [9.17, 15) is 15.2 Å². The number of rotatable bonds is 6. The average Bonchev–Trinajstić information content (AvgIpc) is 3.03. The number of aliphatic hydroxyl groups excluding tert-OH is 1. The van der Waals surface area contributed by atoms with Crippen LogP contribution in [-0.4, -0.2) is 38.5 Å². The molecule has 0 radical (unpaired) electrons. The molecule has 3 aromatic rings. The van der Waals surface area contributed by atoms with Gasteiger partial charge in [-0.1, -0.05) is 0 Å². The molecule has 1 aromatic heterocycles. The minimum atomic E-state index is -0.600. The maximum Gasteiger partial charge on any atom is 0.271 e. The van der Waals surface area contributed by atoms with Crippen molar-refractivity contribution in [3.63, 3.8) is 0 Å². The highest BCUT2D eigenvalue weighted by molar-refractivity contribution is 6.18. The van der Waals surface area contributed by atoms with Gasteiger partial charge < -0.3 is 15.4 Å². The first kappa shape index (κ1) is 16.2. The van der Waals surface area contributed by atoms with Gasteiger partial charge in [-0.3, -0.25) is 10.1 Å². The van der Waals surface area contributed by atoms with E-state index in [1.807, 2.05) is 24.3 Å². The molecular weight excluding hydrogens is 332 g/mol. The lowest BCUT2D eigenvalue weighted by Crippen LogP contribution is -2.20. The molecule has 0 spiro atoms. The van der Waals surface area contributed by atoms with Crippen molar-refractivity contribution in [1.82, 2.24) is 9.97 Å². The lowest BCUT2D eigenvalue weighted by molar-refractivity contribution is -0.384. The maximum absolute atomic E-state index is 10.8. The van der Waals surface area contributed by atoms with Crippen LogP contribution in [0, 0.1) is 10.1 Å². The van der Waals surface area contributed by atoms with Gasteiger partial charge in [0, 0.05) is 29.9 Å². The highest BCUT2D eigenvalue weighted by Gasteiger charge is 2.10. The van der Waals surface area contributed by atoms with E-state index in [4.69, 9.17) is 11.6 Å². The summed E-state index contributed by atoms with van der Waals surface area (Å²) in [6, 6.07) is 12.0. The molecule has 3 rings (SSSR count). The molecule has 124 valence electrons. The van der Waals surface area contributed by atoms with Gasteiger partial charge in [-0.25, -0.2) is 4.98 Å². The van der Waals surface area contributed by atoms with Gasteiger partial charge in [-0.15, -0.1) is 11.6 Å². The Hall–Kier alpha value is -2.64. The number of hydrogen-bond acceptors (Lipinski definition) is 5. The van der Waals surface area contributed by atoms with E-state index in [0.717, 1.165) is 11.3 Å². The summed E-state index contributed by atoms with van der Waals surface area (Å²) in [5, 5.41) is 23.3. The van der Waals surface area contributed by atoms with Crippen molar-refractivity contribution in [2.45, 2.75) is 6.10 Å². The van der Waals surface area contributed by atoms with Gasteiger partial charge in [0.25, 0.3) is 5.69 Å². The molecule has 0 bridgehead atoms. The monoisotopic (exact) mass is 346 g/mol. The zero-order chi connectivity index (χ0) is 17.1. The summed E-state index contributed by atoms with van der Waals surface area (Å²) in [6.07, 6.45) is -0.600. The molecule has 2 aromatic carbocycles. The number of aliphatic hydroxyl groups is 1. The second kappa shape index (κ2) is 6.86. The third-order valence-corrected chi connectivity index (χ3v) is 3.91. The molecule has 0 aliphatic carbocycles. The summed E-state index contributed by atoms with van der Waals surface area (Å²) in [4.78, 5) is 17.9. The van der Waals surface area contributed by atoms with Crippen molar-refractivity contribution in [2.24, 2.45) is 0 Å². The van der Waals surface area contributed by atoms with Crippen LogP contribution in [0.4, 0.5) is 11.4 Å². The minimum Gasteiger partial charge on any atom is -0.390 e. The van der Waals surface area contributed by atoms with Crippen LogP contribution in [-0.2, 0) is 0 Å². The summed E-state index contributed by atoms with van der Waals surface area (Å²) >= 11 is 5.55. The van der Waals surface area contributed by atoms with Crippen LogP contribution >= 0.6 is 11.6 Å². The van der Waals surface area contributed by atoms with Gasteiger partial charge in [0.15, 0.2) is 0 Å². The maximum atomic E-state index is 10.8. The van der Waals surface area contributed by atoms with Gasteiger partial charge in [0.1, 0.15) is 5.82 Å². The first-order chi connectivity index (χ1) is 11.6. The average molecular weight is 347 g/mol. The van der Waals surface area contributed by atoms with Crippen LogP contribution in [0.25, 0.3) is 22.4 Å². The van der Waals surface area contributed by atoms with Crippen LogP contribution in [0.2, 0.25) is 0 Å². The number of H-pyrrole nitrogens is 1. The molecule has 0 saturated heterocycles. The molecule has 7 nitrogen and oxygen atoms in total. The van der Waals surface area contributed by atoms with E-state index in [0.29, 0.717) is 23.4 Å². The molecule has 0 aliphatic rings. The number of benzene rings is 2. The number of nitro benzene ring substituents is 1. The topological polar surface area (TPSA) is 104 Å². The number of imidazole rings is 1. The number of alkyl halides is 1. The van der Waals surface area contributed by atoms with Gasteiger partial charge in [0.05, 0.1) is 27.9 Å². The predicted octanol–water partition coefficient (Wildman–Crippen LogP) is 3.15. The highest BCUT2D eigenvalue weighted by atomic mass is 35.5. The van der Waals surface area contributed by atoms with E-state index in [-0.39, 0.29) is 11.6 Å². The Morgan fingerprint density at radius 2 is 2.04 bits per heavy atom. The smallest absolute Gasteiger partial charge is 0.271 e. The second-order valence-corrected chi connectivity index (χ2v) is 5.62. The molecule has 0 fully saturated rings. The van der Waals surface area contributed by atoms with Crippen molar-refractivity contribution in [3.8, 4) is 11.4 Å². The van der Waals surface area contributed by atoms with Crippen LogP contribution in [0.3, 0.4) is 0 Å². The van der Waals surface area contributed by atoms with Crippen LogP contribution in [0.15, 0.2) is 42.5 Å². The normalized spacial score (nSPS) is 12.2. The summed E-state index contributed by atoms with van der Waals surface area (Å²) in [5.41, 5.74) is 3.02. The Labute approximate surface area is 142 Å². The molecular formula is C16H15ClN4O3. The highest BCUT2D eigenvalue weighted by Crippen LogP contribution is 2.24. The lowest BCUT2D eigenvalue weighted by Gasteiger charge is -2.10. The molecule has 3 N–H and O–H groups in total. The van der Waals surface area contributed by atoms with Gasteiger partial charge in [-0.05, 0) is 30.3 Å². The van der Waals surface area contributed by atoms with Crippen molar-refractivity contribution in [3.05, 3.63) is 52.6 Å². The SMILES string of the molecule is O=[N+]([O-])c1ccc2nc(-c3ccc(NCC(O)CCl)cc3)[nH]c2c1. The van der Waals surface area contributed by atoms with E-state index >= 15 is 0 Å². The third-order valence-electron chi connectivity index (χ3n) is 3.55. The summed E-state index contributed by atoms with van der Waals surface area (Å²) in [5.74, 6) is 0.814. The fraction of sp³-hybridized carbons (Fsp3) is 0.188. The number of hydrogen-bond donors (Lipinski definition) is 3. The predicted molar refractivity (Wildman–Crippen MR) is 93.4 cm³/mol. The second-order valence-electron chi connectivity index (χ2n) is 5.31. The molecule has 8 heteroatoms. The molecule has 1 unspecified atom stereocenters. The minimum absolute atomic E-state index is 0.0232. The van der Waals surface area contributed by atoms with Crippen molar-refractivity contribution in [2.75, 3.05) is 17.7 Å². The van der Waals surface area contributed by atoms with E-state index < -0.39 is 11.0 Å². The van der Waals surface area contributed by atoms with Crippen LogP contribution < -0.4 is 5.32 Å². The number of nitrogens with one attached hydrogen (secondary N) is 2. The Bertz CT molecular complexity index is 863. The number of nitro groups is 1. The van der Waals surface area contributed by atoms with Crippen molar-refractivity contribution >= 4 is 34.0 Å². The largest absolute Gasteiger partial charge is 0.390 e. The zero-order valence-corrected chi connectivity index (χ0v) is 13.3. The Balaban J connectivity index is 1.81. The van der Waals surface area contributed by atoms with Gasteiger partial charge >= 0.3 is 0 Å². The molecule has 0 saturated carbocycles. The third kappa shape index (κ3) is 3.47. The Kier molecular flexibility index (Phi) is 4.64. The summed E-state index contributed by atoms with van der Waals surface area (Å²) in [7, 11) is 0. The number of aromatic nitrogens is 2. The molecule has 0 amide bonds. The number of nitrogens with zero attached hydrogens (tertiary/aromatic N) is 2. The number of aromatic amines is 1. The standard InChI is InChI=1S/C16H15ClN4O3/c17-8-13(22)9-18-11-3-1-10(2-4-11)16-19-14-6-5-12(21(23)24)7-15(14)20-16/h1-7,13,18,22H,8-9H2,(H,19,20). The fourth-order valence-electron chi connectivity index (χ4n) is 2.28. The van der Waals surface area contributed by atoms with E-state index in [1.54, 1.807) is 6.07 Å². The first-order valence-electron chi connectivity index (χ1n) is 7.29. The number of non-ortho nitro benzene ring substituents is 1. The van der Waals surface area contributed by atoms with Crippen LogP contribution in [0.1, 0.15) is 0 Å². The van der Waals surface area contributed by atoms with Crippen molar-refractivity contribution < 1.29 is 10.0 Å². The summed E-state index contributed by atoms with van der Waals surface area (Å²) < 4.78 is 0. The van der Waals surface area contributed by atoms with Crippen LogP contribution in [0.5, 0.6) is 0 Å². The zero-order valence-electron chi connectivity index (χ0n) is 12.6. The van der Waals surface area contributed by atoms with Gasteiger partial charge in [-0.2, -0.15) is 0 Å². The molecule has 24 heavy (non-hydrogen) atoms. The summed E-state index contributed by atoms with van der Waals surface area (Å²) in [6.45, 7) is 0.372.